The van der Waals surface area contributed by atoms with E-state index in [1.807, 2.05) is 32.9 Å². The summed E-state index contributed by atoms with van der Waals surface area (Å²) in [5.74, 6) is 0.146. The van der Waals surface area contributed by atoms with Gasteiger partial charge in [-0.3, -0.25) is 13.8 Å². The molecule has 2 aromatic rings. The van der Waals surface area contributed by atoms with E-state index in [9.17, 15) is 13.8 Å². The van der Waals surface area contributed by atoms with Crippen LogP contribution in [0.25, 0.3) is 0 Å². The van der Waals surface area contributed by atoms with Crippen molar-refractivity contribution in [1.82, 2.24) is 4.98 Å². The molecule has 1 aromatic carbocycles. The lowest BCUT2D eigenvalue weighted by Crippen LogP contribution is -2.15. The largest absolute Gasteiger partial charge is 0.488 e. The third-order valence-corrected chi connectivity index (χ3v) is 5.05. The molecule has 0 aliphatic rings. The number of pyridine rings is 1. The molecule has 25 heavy (non-hydrogen) atoms. The van der Waals surface area contributed by atoms with E-state index < -0.39 is 10.8 Å². The number of H-pyrrole nitrogens is 1. The average molecular weight is 361 g/mol. The number of hydrogen-bond acceptors (Lipinski definition) is 4. The van der Waals surface area contributed by atoms with Gasteiger partial charge in [0.1, 0.15) is 0 Å². The second-order valence-corrected chi connectivity index (χ2v) is 7.44. The van der Waals surface area contributed by atoms with Gasteiger partial charge in [-0.05, 0) is 37.5 Å². The third kappa shape index (κ3) is 5.39. The van der Waals surface area contributed by atoms with Gasteiger partial charge in [-0.25, -0.2) is 0 Å². The predicted molar refractivity (Wildman–Crippen MR) is 99.8 cm³/mol. The maximum absolute atomic E-state index is 12.3. The predicted octanol–water partition coefficient (Wildman–Crippen LogP) is 2.91. The van der Waals surface area contributed by atoms with Crippen LogP contribution in [0.15, 0.2) is 35.3 Å². The van der Waals surface area contributed by atoms with Gasteiger partial charge < -0.3 is 9.72 Å². The molecule has 134 valence electrons. The lowest BCUT2D eigenvalue weighted by Gasteiger charge is -2.07. The van der Waals surface area contributed by atoms with E-state index in [-0.39, 0.29) is 28.5 Å². The van der Waals surface area contributed by atoms with E-state index in [2.05, 4.69) is 4.98 Å². The summed E-state index contributed by atoms with van der Waals surface area (Å²) >= 11 is 0. The molecule has 1 aromatic heterocycles. The van der Waals surface area contributed by atoms with Crippen molar-refractivity contribution in [2.24, 2.45) is 0 Å². The number of rotatable bonds is 8. The summed E-state index contributed by atoms with van der Waals surface area (Å²) in [6.07, 6.45) is 2.29. The molecule has 1 heterocycles. The summed E-state index contributed by atoms with van der Waals surface area (Å²) in [7, 11) is -1.39. The number of nitrogens with one attached hydrogen (secondary N) is 1. The lowest BCUT2D eigenvalue weighted by atomic mass is 10.0. The van der Waals surface area contributed by atoms with Crippen LogP contribution < -0.4 is 10.2 Å². The van der Waals surface area contributed by atoms with Crippen molar-refractivity contribution in [1.29, 1.82) is 0 Å². The number of hydrogen-bond donors (Lipinski definition) is 1. The van der Waals surface area contributed by atoms with Crippen molar-refractivity contribution < 1.29 is 13.7 Å². The van der Waals surface area contributed by atoms with Crippen molar-refractivity contribution in [2.45, 2.75) is 32.9 Å². The highest BCUT2D eigenvalue weighted by Gasteiger charge is 2.13. The van der Waals surface area contributed by atoms with E-state index in [1.165, 1.54) is 12.3 Å². The summed E-state index contributed by atoms with van der Waals surface area (Å²) in [5.41, 5.74) is 2.98. The van der Waals surface area contributed by atoms with Gasteiger partial charge in [-0.1, -0.05) is 19.1 Å². The van der Waals surface area contributed by atoms with Gasteiger partial charge in [0.25, 0.3) is 0 Å². The molecule has 2 rings (SSSR count). The van der Waals surface area contributed by atoms with Crippen molar-refractivity contribution in [3.05, 3.63) is 63.1 Å². The van der Waals surface area contributed by atoms with Crippen molar-refractivity contribution in [3.63, 3.8) is 0 Å². The highest BCUT2D eigenvalue weighted by Crippen LogP contribution is 2.12. The average Bonchev–Trinajstić information content (AvgIpc) is 2.56. The first-order valence-electron chi connectivity index (χ1n) is 8.20. The number of benzene rings is 1. The lowest BCUT2D eigenvalue weighted by molar-refractivity contribution is 0.102. The molecule has 0 radical (unpaired) electrons. The van der Waals surface area contributed by atoms with Crippen molar-refractivity contribution in [3.8, 4) is 5.75 Å². The second kappa shape index (κ2) is 8.76. The minimum atomic E-state index is -1.39. The highest BCUT2D eigenvalue weighted by molar-refractivity contribution is 7.85. The van der Waals surface area contributed by atoms with Gasteiger partial charge in [0.05, 0.1) is 18.1 Å². The van der Waals surface area contributed by atoms with Gasteiger partial charge in [0, 0.05) is 34.3 Å². The van der Waals surface area contributed by atoms with Crippen LogP contribution in [0.1, 0.15) is 40.5 Å². The molecular weight excluding hydrogens is 338 g/mol. The van der Waals surface area contributed by atoms with E-state index in [0.717, 1.165) is 17.5 Å². The molecule has 1 unspecified atom stereocenters. The van der Waals surface area contributed by atoms with Crippen LogP contribution in [-0.4, -0.2) is 27.3 Å². The van der Waals surface area contributed by atoms with E-state index >= 15 is 0 Å². The highest BCUT2D eigenvalue weighted by atomic mass is 32.2. The van der Waals surface area contributed by atoms with Crippen LogP contribution in [0, 0.1) is 13.8 Å². The van der Waals surface area contributed by atoms with Gasteiger partial charge in [-0.15, -0.1) is 0 Å². The number of carbonyl (C=O) groups excluding carboxylic acids is 1. The Kier molecular flexibility index (Phi) is 6.70. The molecule has 0 saturated carbocycles. The van der Waals surface area contributed by atoms with E-state index in [4.69, 9.17) is 4.74 Å². The first-order chi connectivity index (χ1) is 11.9. The smallest absolute Gasteiger partial charge is 0.223 e. The molecule has 0 bridgehead atoms. The number of aromatic amines is 1. The van der Waals surface area contributed by atoms with Crippen LogP contribution in [0.2, 0.25) is 0 Å². The molecule has 0 aliphatic carbocycles. The van der Waals surface area contributed by atoms with Crippen LogP contribution in [0.5, 0.6) is 5.75 Å². The molecule has 0 aliphatic heterocycles. The Balaban J connectivity index is 1.99. The standard InChI is InChI=1S/C19H23NO4S/c1-4-7-24-19-10-20-16(9-17(19)21)11-25(23)12-18(22)15-6-5-13(2)14(3)8-15/h5-6,8-10H,4,7,11-12H2,1-3H3,(H,20,21). The SMILES string of the molecule is CCCOc1c[nH]c(CS(=O)CC(=O)c2ccc(C)c(C)c2)cc1=O. The minimum Gasteiger partial charge on any atom is -0.488 e. The molecule has 0 amide bonds. The molecule has 6 heteroatoms. The number of aryl methyl sites for hydroxylation is 2. The zero-order valence-corrected chi connectivity index (χ0v) is 15.6. The van der Waals surface area contributed by atoms with Crippen LogP contribution >= 0.6 is 0 Å². The Morgan fingerprint density at radius 3 is 2.60 bits per heavy atom. The molecule has 0 saturated heterocycles. The molecule has 5 nitrogen and oxygen atoms in total. The zero-order chi connectivity index (χ0) is 18.4. The van der Waals surface area contributed by atoms with Crippen molar-refractivity contribution in [2.75, 3.05) is 12.4 Å². The Hall–Kier alpha value is -2.21. The first kappa shape index (κ1) is 19.1. The third-order valence-electron chi connectivity index (χ3n) is 3.84. The van der Waals surface area contributed by atoms with E-state index in [0.29, 0.717) is 17.9 Å². The van der Waals surface area contributed by atoms with Gasteiger partial charge in [-0.2, -0.15) is 0 Å². The number of carbonyl (C=O) groups is 1. The van der Waals surface area contributed by atoms with Crippen LogP contribution in [0.4, 0.5) is 0 Å². The van der Waals surface area contributed by atoms with Crippen LogP contribution in [-0.2, 0) is 16.6 Å². The number of ether oxygens (including phenoxy) is 1. The molecule has 1 atom stereocenters. The number of ketones is 1. The Morgan fingerprint density at radius 1 is 1.20 bits per heavy atom. The normalized spacial score (nSPS) is 12.0. The van der Waals surface area contributed by atoms with Gasteiger partial charge >= 0.3 is 0 Å². The maximum atomic E-state index is 12.3. The summed E-state index contributed by atoms with van der Waals surface area (Å²) < 4.78 is 17.6. The fraction of sp³-hybridized carbons (Fsp3) is 0.368. The number of aromatic nitrogens is 1. The Labute approximate surface area is 149 Å². The molecule has 1 N–H and O–H groups in total. The summed E-state index contributed by atoms with van der Waals surface area (Å²) in [6, 6.07) is 6.83. The summed E-state index contributed by atoms with van der Waals surface area (Å²) in [5, 5.41) is 0. The molecular formula is C19H23NO4S. The monoisotopic (exact) mass is 361 g/mol. The number of Topliss-reactive ketones (excluding diaryl/α,β-unsaturated/α-hetero) is 1. The topological polar surface area (TPSA) is 76.2 Å². The minimum absolute atomic E-state index is 0.0708. The van der Waals surface area contributed by atoms with Gasteiger partial charge in [0.2, 0.25) is 5.43 Å². The first-order valence-corrected chi connectivity index (χ1v) is 9.69. The Bertz CT molecular complexity index is 842. The molecule has 0 spiro atoms. The maximum Gasteiger partial charge on any atom is 0.223 e. The zero-order valence-electron chi connectivity index (χ0n) is 14.8. The van der Waals surface area contributed by atoms with E-state index in [1.54, 1.807) is 6.07 Å². The quantitative estimate of drug-likeness (QED) is 0.734. The van der Waals surface area contributed by atoms with Crippen LogP contribution in [0.3, 0.4) is 0 Å². The second-order valence-electron chi connectivity index (χ2n) is 5.99. The fourth-order valence-electron chi connectivity index (χ4n) is 2.28. The van der Waals surface area contributed by atoms with Gasteiger partial charge in [0.15, 0.2) is 11.5 Å². The van der Waals surface area contributed by atoms with Crippen molar-refractivity contribution >= 4 is 16.6 Å². The summed E-state index contributed by atoms with van der Waals surface area (Å²) in [4.78, 5) is 27.1. The summed E-state index contributed by atoms with van der Waals surface area (Å²) in [6.45, 7) is 6.35. The fourth-order valence-corrected chi connectivity index (χ4v) is 3.35. The Morgan fingerprint density at radius 2 is 1.96 bits per heavy atom. The molecule has 0 fully saturated rings.